The van der Waals surface area contributed by atoms with Crippen LogP contribution in [0.3, 0.4) is 0 Å². The topological polar surface area (TPSA) is 117 Å². The molecule has 11 heteroatoms. The minimum atomic E-state index is -0.485. The van der Waals surface area contributed by atoms with E-state index in [9.17, 15) is 14.9 Å². The Balaban J connectivity index is 1.18. The zero-order chi connectivity index (χ0) is 27.6. The van der Waals surface area contributed by atoms with Gasteiger partial charge in [0.05, 0.1) is 10.4 Å². The summed E-state index contributed by atoms with van der Waals surface area (Å²) in [5, 5.41) is 15.3. The van der Waals surface area contributed by atoms with E-state index in [0.717, 1.165) is 48.5 Å². The fraction of sp³-hybridized carbons (Fsp3) is 0.464. The van der Waals surface area contributed by atoms with Crippen molar-refractivity contribution >= 4 is 34.4 Å². The van der Waals surface area contributed by atoms with Gasteiger partial charge in [-0.25, -0.2) is 9.78 Å². The summed E-state index contributed by atoms with van der Waals surface area (Å²) < 4.78 is 5.51. The van der Waals surface area contributed by atoms with Gasteiger partial charge in [0.25, 0.3) is 5.69 Å². The molecule has 1 aromatic heterocycles. The Bertz CT molecular complexity index is 1330. The van der Waals surface area contributed by atoms with Crippen molar-refractivity contribution in [3.05, 3.63) is 64.2 Å². The maximum Gasteiger partial charge on any atom is 0.410 e. The lowest BCUT2D eigenvalue weighted by atomic mass is 10.1. The Morgan fingerprint density at radius 3 is 2.41 bits per heavy atom. The molecule has 5 rings (SSSR count). The predicted octanol–water partition coefficient (Wildman–Crippen LogP) is 3.93. The van der Waals surface area contributed by atoms with E-state index in [1.807, 2.05) is 45.0 Å². The minimum absolute atomic E-state index is 0.0934. The number of nitro groups is 1. The van der Waals surface area contributed by atoms with Crippen LogP contribution < -0.4 is 10.2 Å². The second-order valence-corrected chi connectivity index (χ2v) is 11.1. The number of benzene rings is 2. The summed E-state index contributed by atoms with van der Waals surface area (Å²) in [7, 11) is 0. The molecular weight excluding hydrogens is 498 g/mol. The van der Waals surface area contributed by atoms with Crippen LogP contribution in [0.2, 0.25) is 0 Å². The molecule has 3 heterocycles. The van der Waals surface area contributed by atoms with Gasteiger partial charge >= 0.3 is 6.09 Å². The molecule has 0 saturated carbocycles. The van der Waals surface area contributed by atoms with Crippen molar-refractivity contribution in [1.82, 2.24) is 19.8 Å². The monoisotopic (exact) mass is 533 g/mol. The maximum absolute atomic E-state index is 12.4. The molecule has 1 N–H and O–H groups in total. The molecule has 2 aliphatic heterocycles. The van der Waals surface area contributed by atoms with Crippen molar-refractivity contribution < 1.29 is 14.5 Å². The number of anilines is 2. The highest BCUT2D eigenvalue weighted by Gasteiger charge is 2.36. The van der Waals surface area contributed by atoms with Gasteiger partial charge in [0.2, 0.25) is 5.95 Å². The van der Waals surface area contributed by atoms with Crippen LogP contribution >= 0.6 is 0 Å². The molecule has 0 aliphatic carbocycles. The van der Waals surface area contributed by atoms with Gasteiger partial charge in [-0.3, -0.25) is 15.0 Å². The van der Waals surface area contributed by atoms with Crippen molar-refractivity contribution in [2.24, 2.45) is 0 Å². The van der Waals surface area contributed by atoms with E-state index in [1.165, 1.54) is 12.1 Å². The average Bonchev–Trinajstić information content (AvgIpc) is 2.87. The van der Waals surface area contributed by atoms with E-state index >= 15 is 0 Å². The van der Waals surface area contributed by atoms with Gasteiger partial charge in [-0.1, -0.05) is 24.3 Å². The number of ether oxygens (including phenoxy) is 1. The average molecular weight is 534 g/mol. The lowest BCUT2D eigenvalue weighted by Gasteiger charge is -2.48. The molecule has 3 aromatic rings. The number of hydrogen-bond acceptors (Lipinski definition) is 9. The van der Waals surface area contributed by atoms with Crippen LogP contribution in [0.1, 0.15) is 26.3 Å². The van der Waals surface area contributed by atoms with Crippen LogP contribution in [0.5, 0.6) is 0 Å². The van der Waals surface area contributed by atoms with Crippen molar-refractivity contribution in [3.8, 4) is 0 Å². The van der Waals surface area contributed by atoms with Gasteiger partial charge in [0.15, 0.2) is 0 Å². The third-order valence-corrected chi connectivity index (χ3v) is 7.07. The van der Waals surface area contributed by atoms with Crippen LogP contribution in [0, 0.1) is 10.1 Å². The molecule has 0 unspecified atom stereocenters. The summed E-state index contributed by atoms with van der Waals surface area (Å²) in [4.78, 5) is 39.0. The molecule has 0 atom stereocenters. The number of piperazine rings is 1. The second kappa shape index (κ2) is 11.0. The van der Waals surface area contributed by atoms with Crippen LogP contribution in [0.4, 0.5) is 22.2 Å². The molecule has 0 spiro atoms. The summed E-state index contributed by atoms with van der Waals surface area (Å²) >= 11 is 0. The summed E-state index contributed by atoms with van der Waals surface area (Å²) in [5.74, 6) is 1.49. The van der Waals surface area contributed by atoms with Gasteiger partial charge in [-0.2, -0.15) is 4.98 Å². The number of non-ortho nitro benzene ring substituents is 1. The Morgan fingerprint density at radius 2 is 1.74 bits per heavy atom. The first kappa shape index (κ1) is 26.6. The summed E-state index contributed by atoms with van der Waals surface area (Å²) in [6.45, 7) is 11.0. The zero-order valence-electron chi connectivity index (χ0n) is 22.7. The number of carbonyl (C=O) groups excluding carboxylic acids is 1. The first-order valence-corrected chi connectivity index (χ1v) is 13.4. The van der Waals surface area contributed by atoms with Crippen LogP contribution in [-0.2, 0) is 11.2 Å². The van der Waals surface area contributed by atoms with E-state index in [-0.39, 0.29) is 16.7 Å². The number of carbonyl (C=O) groups is 1. The first-order chi connectivity index (χ1) is 18.7. The number of amides is 1. The molecule has 39 heavy (non-hydrogen) atoms. The fourth-order valence-corrected chi connectivity index (χ4v) is 4.90. The van der Waals surface area contributed by atoms with Gasteiger partial charge in [0, 0.05) is 69.4 Å². The van der Waals surface area contributed by atoms with E-state index < -0.39 is 5.60 Å². The lowest BCUT2D eigenvalue weighted by Crippen LogP contribution is -2.64. The first-order valence-electron chi connectivity index (χ1n) is 13.4. The number of nitrogens with zero attached hydrogens (tertiary/aromatic N) is 6. The number of hydrogen-bond donors (Lipinski definition) is 1. The molecular formula is C28H35N7O4. The number of nitro benzene ring substituents is 1. The van der Waals surface area contributed by atoms with Gasteiger partial charge < -0.3 is 19.9 Å². The Hall–Kier alpha value is -3.99. The smallest absolute Gasteiger partial charge is 0.410 e. The minimum Gasteiger partial charge on any atom is -0.444 e. The molecule has 206 valence electrons. The third-order valence-electron chi connectivity index (χ3n) is 7.07. The maximum atomic E-state index is 12.4. The summed E-state index contributed by atoms with van der Waals surface area (Å²) in [6, 6.07) is 15.0. The Kier molecular flexibility index (Phi) is 7.51. The molecule has 2 aliphatic rings. The quantitative estimate of drug-likeness (QED) is 0.356. The second-order valence-electron chi connectivity index (χ2n) is 11.1. The highest BCUT2D eigenvalue weighted by Crippen LogP contribution is 2.28. The van der Waals surface area contributed by atoms with E-state index in [2.05, 4.69) is 15.1 Å². The molecule has 11 nitrogen and oxygen atoms in total. The molecule has 2 aromatic carbocycles. The van der Waals surface area contributed by atoms with E-state index in [1.54, 1.807) is 17.0 Å². The van der Waals surface area contributed by atoms with Gasteiger partial charge in [-0.15, -0.1) is 0 Å². The number of nitrogens with one attached hydrogen (secondary N) is 1. The SMILES string of the molecule is CC(C)(C)OC(=O)N1CCN(C2CN(c3nc(NCCc4ccc([N+](=O)[O-])cc4)c4ccccc4n3)C2)CC1. The standard InChI is InChI=1S/C28H35N7O4/c1-28(2,3)39-27(36)33-16-14-32(15-17-33)22-18-34(19-22)26-30-24-7-5-4-6-23(24)25(31-26)29-13-12-20-8-10-21(11-9-20)35(37)38/h4-11,22H,12-19H2,1-3H3,(H,29,30,31). The zero-order valence-corrected chi connectivity index (χ0v) is 22.7. The van der Waals surface area contributed by atoms with Crippen LogP contribution in [0.25, 0.3) is 10.9 Å². The highest BCUT2D eigenvalue weighted by atomic mass is 16.6. The molecule has 0 radical (unpaired) electrons. The number of rotatable bonds is 7. The molecule has 0 bridgehead atoms. The van der Waals surface area contributed by atoms with Crippen LogP contribution in [-0.4, -0.2) is 88.2 Å². The fourth-order valence-electron chi connectivity index (χ4n) is 4.90. The number of para-hydroxylation sites is 1. The Morgan fingerprint density at radius 1 is 1.05 bits per heavy atom. The summed E-state index contributed by atoms with van der Waals surface area (Å²) in [6.07, 6.45) is 0.475. The Labute approximate surface area is 227 Å². The van der Waals surface area contributed by atoms with E-state index in [0.29, 0.717) is 38.0 Å². The number of aromatic nitrogens is 2. The van der Waals surface area contributed by atoms with Crippen molar-refractivity contribution in [2.75, 3.05) is 56.0 Å². The number of fused-ring (bicyclic) bond motifs is 1. The van der Waals surface area contributed by atoms with Gasteiger partial charge in [0.1, 0.15) is 11.4 Å². The van der Waals surface area contributed by atoms with Crippen molar-refractivity contribution in [3.63, 3.8) is 0 Å². The summed E-state index contributed by atoms with van der Waals surface area (Å²) in [5.41, 5.74) is 1.51. The lowest BCUT2D eigenvalue weighted by molar-refractivity contribution is -0.384. The normalized spacial score (nSPS) is 16.7. The third kappa shape index (κ3) is 6.36. The van der Waals surface area contributed by atoms with Crippen LogP contribution in [0.15, 0.2) is 48.5 Å². The van der Waals surface area contributed by atoms with Gasteiger partial charge in [-0.05, 0) is 44.9 Å². The predicted molar refractivity (Wildman–Crippen MR) is 150 cm³/mol. The van der Waals surface area contributed by atoms with Crippen molar-refractivity contribution in [1.29, 1.82) is 0 Å². The van der Waals surface area contributed by atoms with E-state index in [4.69, 9.17) is 14.7 Å². The highest BCUT2D eigenvalue weighted by molar-refractivity contribution is 5.90. The molecule has 2 saturated heterocycles. The molecule has 1 amide bonds. The molecule has 2 fully saturated rings. The largest absolute Gasteiger partial charge is 0.444 e. The van der Waals surface area contributed by atoms with Crippen molar-refractivity contribution in [2.45, 2.75) is 38.8 Å².